The van der Waals surface area contributed by atoms with Crippen LogP contribution in [-0.4, -0.2) is 43.2 Å². The standard InChI is InChI=1S/C12H18N4O3/c1-18-9-6-10(19-2)15-12(14-9)16-5-3-4-8(7-16)11(13)17/h6,8H,3-5,7H2,1-2H3,(H2,13,17). The van der Waals surface area contributed by atoms with Crippen molar-refractivity contribution < 1.29 is 14.3 Å². The highest BCUT2D eigenvalue weighted by Gasteiger charge is 2.26. The molecule has 19 heavy (non-hydrogen) atoms. The van der Waals surface area contributed by atoms with E-state index in [-0.39, 0.29) is 11.8 Å². The number of anilines is 1. The monoisotopic (exact) mass is 266 g/mol. The molecular weight excluding hydrogens is 248 g/mol. The second kappa shape index (κ2) is 5.73. The average molecular weight is 266 g/mol. The van der Waals surface area contributed by atoms with Gasteiger partial charge in [0.05, 0.1) is 26.2 Å². The lowest BCUT2D eigenvalue weighted by Crippen LogP contribution is -2.41. The van der Waals surface area contributed by atoms with E-state index in [1.807, 2.05) is 4.90 Å². The molecule has 7 heteroatoms. The fourth-order valence-electron chi connectivity index (χ4n) is 2.13. The summed E-state index contributed by atoms with van der Waals surface area (Å²) >= 11 is 0. The van der Waals surface area contributed by atoms with Gasteiger partial charge < -0.3 is 20.1 Å². The van der Waals surface area contributed by atoms with Gasteiger partial charge >= 0.3 is 0 Å². The van der Waals surface area contributed by atoms with Crippen molar-refractivity contribution in [2.45, 2.75) is 12.8 Å². The number of nitrogens with zero attached hydrogens (tertiary/aromatic N) is 3. The number of amides is 1. The number of hydrogen-bond acceptors (Lipinski definition) is 6. The normalized spacial score (nSPS) is 19.1. The number of hydrogen-bond donors (Lipinski definition) is 1. The molecule has 2 N–H and O–H groups in total. The molecule has 1 unspecified atom stereocenters. The molecule has 0 spiro atoms. The molecule has 1 amide bonds. The Bertz CT molecular complexity index is 444. The largest absolute Gasteiger partial charge is 0.481 e. The van der Waals surface area contributed by atoms with Crippen LogP contribution in [0.2, 0.25) is 0 Å². The quantitative estimate of drug-likeness (QED) is 0.837. The first-order valence-corrected chi connectivity index (χ1v) is 6.15. The van der Waals surface area contributed by atoms with Crippen molar-refractivity contribution in [3.8, 4) is 11.8 Å². The van der Waals surface area contributed by atoms with Gasteiger partial charge in [-0.05, 0) is 12.8 Å². The minimum atomic E-state index is -0.278. The molecule has 1 aromatic rings. The van der Waals surface area contributed by atoms with Crippen molar-refractivity contribution in [1.82, 2.24) is 9.97 Å². The van der Waals surface area contributed by atoms with Gasteiger partial charge in [0.1, 0.15) is 0 Å². The summed E-state index contributed by atoms with van der Waals surface area (Å²) in [4.78, 5) is 21.8. The van der Waals surface area contributed by atoms with Crippen molar-refractivity contribution in [3.63, 3.8) is 0 Å². The van der Waals surface area contributed by atoms with Crippen molar-refractivity contribution in [2.75, 3.05) is 32.2 Å². The third-order valence-electron chi connectivity index (χ3n) is 3.19. The van der Waals surface area contributed by atoms with Crippen LogP contribution < -0.4 is 20.1 Å². The zero-order chi connectivity index (χ0) is 13.8. The summed E-state index contributed by atoms with van der Waals surface area (Å²) in [6.07, 6.45) is 1.70. The molecule has 2 rings (SSSR count). The Morgan fingerprint density at radius 3 is 2.53 bits per heavy atom. The number of piperidine rings is 1. The number of ether oxygens (including phenoxy) is 2. The van der Waals surface area contributed by atoms with Gasteiger partial charge in [-0.15, -0.1) is 0 Å². The van der Waals surface area contributed by atoms with Crippen LogP contribution in [-0.2, 0) is 4.79 Å². The Balaban J connectivity index is 2.22. The smallest absolute Gasteiger partial charge is 0.231 e. The molecule has 0 aromatic carbocycles. The SMILES string of the molecule is COc1cc(OC)nc(N2CCCC(C(N)=O)C2)n1. The fourth-order valence-corrected chi connectivity index (χ4v) is 2.13. The summed E-state index contributed by atoms with van der Waals surface area (Å²) in [5.74, 6) is 0.933. The lowest BCUT2D eigenvalue weighted by atomic mass is 9.98. The lowest BCUT2D eigenvalue weighted by Gasteiger charge is -2.31. The lowest BCUT2D eigenvalue weighted by molar-refractivity contribution is -0.122. The molecule has 2 heterocycles. The summed E-state index contributed by atoms with van der Waals surface area (Å²) in [6.45, 7) is 1.33. The van der Waals surface area contributed by atoms with Crippen LogP contribution in [0.4, 0.5) is 5.95 Å². The van der Waals surface area contributed by atoms with Crippen LogP contribution in [0.15, 0.2) is 6.07 Å². The summed E-state index contributed by atoms with van der Waals surface area (Å²) < 4.78 is 10.2. The second-order valence-corrected chi connectivity index (χ2v) is 4.44. The van der Waals surface area contributed by atoms with E-state index in [1.54, 1.807) is 6.07 Å². The zero-order valence-electron chi connectivity index (χ0n) is 11.1. The van der Waals surface area contributed by atoms with Crippen molar-refractivity contribution >= 4 is 11.9 Å². The Morgan fingerprint density at radius 2 is 2.00 bits per heavy atom. The highest BCUT2D eigenvalue weighted by atomic mass is 16.5. The van der Waals surface area contributed by atoms with E-state index in [9.17, 15) is 4.79 Å². The Morgan fingerprint density at radius 1 is 1.37 bits per heavy atom. The van der Waals surface area contributed by atoms with Crippen LogP contribution in [0, 0.1) is 5.92 Å². The van der Waals surface area contributed by atoms with Crippen LogP contribution in [0.5, 0.6) is 11.8 Å². The number of carbonyl (C=O) groups excluding carboxylic acids is 1. The fraction of sp³-hybridized carbons (Fsp3) is 0.583. The van der Waals surface area contributed by atoms with E-state index in [0.29, 0.717) is 24.3 Å². The first-order chi connectivity index (χ1) is 9.13. The van der Waals surface area contributed by atoms with Gasteiger partial charge in [0.15, 0.2) is 0 Å². The number of methoxy groups -OCH3 is 2. The van der Waals surface area contributed by atoms with E-state index >= 15 is 0 Å². The number of nitrogens with two attached hydrogens (primary N) is 1. The van der Waals surface area contributed by atoms with E-state index in [1.165, 1.54) is 14.2 Å². The van der Waals surface area contributed by atoms with Crippen molar-refractivity contribution in [2.24, 2.45) is 11.7 Å². The van der Waals surface area contributed by atoms with E-state index < -0.39 is 0 Å². The van der Waals surface area contributed by atoms with Gasteiger partial charge in [-0.2, -0.15) is 9.97 Å². The molecular formula is C12H18N4O3. The van der Waals surface area contributed by atoms with Crippen LogP contribution in [0.25, 0.3) is 0 Å². The minimum absolute atomic E-state index is 0.158. The number of aromatic nitrogens is 2. The maximum atomic E-state index is 11.3. The summed E-state index contributed by atoms with van der Waals surface area (Å²) in [6, 6.07) is 1.61. The average Bonchev–Trinajstić information content (AvgIpc) is 2.46. The third-order valence-corrected chi connectivity index (χ3v) is 3.19. The molecule has 1 aromatic heterocycles. The molecule has 1 aliphatic rings. The van der Waals surface area contributed by atoms with Crippen LogP contribution >= 0.6 is 0 Å². The first kappa shape index (κ1) is 13.4. The molecule has 1 fully saturated rings. The van der Waals surface area contributed by atoms with E-state index in [2.05, 4.69) is 9.97 Å². The maximum absolute atomic E-state index is 11.3. The highest BCUT2D eigenvalue weighted by molar-refractivity contribution is 5.77. The Labute approximate surface area is 111 Å². The molecule has 0 bridgehead atoms. The molecule has 0 aliphatic carbocycles. The number of primary amides is 1. The summed E-state index contributed by atoms with van der Waals surface area (Å²) in [5, 5.41) is 0. The second-order valence-electron chi connectivity index (χ2n) is 4.44. The van der Waals surface area contributed by atoms with Gasteiger partial charge in [-0.25, -0.2) is 0 Å². The molecule has 1 saturated heterocycles. The van der Waals surface area contributed by atoms with Crippen molar-refractivity contribution in [1.29, 1.82) is 0 Å². The molecule has 104 valence electrons. The highest BCUT2D eigenvalue weighted by Crippen LogP contribution is 2.24. The third kappa shape index (κ3) is 3.04. The Hall–Kier alpha value is -2.05. The molecule has 0 saturated carbocycles. The van der Waals surface area contributed by atoms with Gasteiger partial charge in [0.2, 0.25) is 23.6 Å². The molecule has 7 nitrogen and oxygen atoms in total. The molecule has 0 radical (unpaired) electrons. The molecule has 1 atom stereocenters. The van der Waals surface area contributed by atoms with Crippen LogP contribution in [0.1, 0.15) is 12.8 Å². The van der Waals surface area contributed by atoms with Crippen LogP contribution in [0.3, 0.4) is 0 Å². The first-order valence-electron chi connectivity index (χ1n) is 6.15. The van der Waals surface area contributed by atoms with Gasteiger partial charge in [-0.1, -0.05) is 0 Å². The van der Waals surface area contributed by atoms with E-state index in [4.69, 9.17) is 15.2 Å². The maximum Gasteiger partial charge on any atom is 0.231 e. The number of rotatable bonds is 4. The van der Waals surface area contributed by atoms with Gasteiger partial charge in [-0.3, -0.25) is 4.79 Å². The molecule has 1 aliphatic heterocycles. The Kier molecular flexibility index (Phi) is 4.03. The predicted molar refractivity (Wildman–Crippen MR) is 69.3 cm³/mol. The topological polar surface area (TPSA) is 90.6 Å². The minimum Gasteiger partial charge on any atom is -0.481 e. The predicted octanol–water partition coefficient (Wildman–Crippen LogP) is 0.196. The van der Waals surface area contributed by atoms with Gasteiger partial charge in [0, 0.05) is 13.1 Å². The zero-order valence-corrected chi connectivity index (χ0v) is 11.1. The van der Waals surface area contributed by atoms with Gasteiger partial charge in [0.25, 0.3) is 0 Å². The summed E-state index contributed by atoms with van der Waals surface area (Å²) in [7, 11) is 3.07. The number of carbonyl (C=O) groups is 1. The van der Waals surface area contributed by atoms with E-state index in [0.717, 1.165) is 19.4 Å². The summed E-state index contributed by atoms with van der Waals surface area (Å²) in [5.41, 5.74) is 5.36. The van der Waals surface area contributed by atoms with Crippen molar-refractivity contribution in [3.05, 3.63) is 6.07 Å².